The maximum absolute atomic E-state index is 13.4. The van der Waals surface area contributed by atoms with Crippen LogP contribution in [0.4, 0.5) is 5.69 Å². The Kier molecular flexibility index (Phi) is 5.27. The first-order chi connectivity index (χ1) is 15.7. The van der Waals surface area contributed by atoms with Crippen LogP contribution < -0.4 is 9.46 Å². The summed E-state index contributed by atoms with van der Waals surface area (Å²) in [6.45, 7) is 1.19. The van der Waals surface area contributed by atoms with Gasteiger partial charge in [0.1, 0.15) is 17.9 Å². The summed E-state index contributed by atoms with van der Waals surface area (Å²) in [4.78, 5) is 11.4. The molecule has 3 aliphatic rings. The van der Waals surface area contributed by atoms with Gasteiger partial charge in [0.05, 0.1) is 45.4 Å². The maximum atomic E-state index is 13.4. The highest BCUT2D eigenvalue weighted by Gasteiger charge is 2.54. The number of nitriles is 1. The minimum absolute atomic E-state index is 0.0640. The molecule has 1 heterocycles. The number of carboxylic acid groups (broad SMARTS) is 1. The van der Waals surface area contributed by atoms with E-state index in [4.69, 9.17) is 21.1 Å². The van der Waals surface area contributed by atoms with Gasteiger partial charge >= 0.3 is 5.97 Å². The number of nitrogens with zero attached hydrogens (tertiary/aromatic N) is 1. The zero-order chi connectivity index (χ0) is 23.4. The topological polar surface area (TPSA) is 126 Å². The zero-order valence-corrected chi connectivity index (χ0v) is 19.1. The highest BCUT2D eigenvalue weighted by molar-refractivity contribution is 7.92. The molecule has 0 radical (unpaired) electrons. The first-order valence-corrected chi connectivity index (χ1v) is 12.5. The first kappa shape index (κ1) is 22.0. The van der Waals surface area contributed by atoms with Crippen molar-refractivity contribution in [2.45, 2.75) is 42.6 Å². The molecule has 3 fully saturated rings. The van der Waals surface area contributed by atoms with Crippen LogP contribution in [0.2, 0.25) is 5.02 Å². The molecule has 0 amide bonds. The number of hydrogen-bond donors (Lipinski definition) is 2. The number of anilines is 1. The van der Waals surface area contributed by atoms with Gasteiger partial charge in [-0.05, 0) is 55.4 Å². The predicted octanol–water partition coefficient (Wildman–Crippen LogP) is 4.15. The second kappa shape index (κ2) is 7.90. The molecule has 5 rings (SSSR count). The summed E-state index contributed by atoms with van der Waals surface area (Å²) >= 11 is 6.21. The lowest BCUT2D eigenvalue weighted by Crippen LogP contribution is -2.60. The Labute approximate surface area is 196 Å². The van der Waals surface area contributed by atoms with Gasteiger partial charge in [-0.2, -0.15) is 5.26 Å². The number of carbonyl (C=O) groups is 1. The zero-order valence-electron chi connectivity index (χ0n) is 17.5. The van der Waals surface area contributed by atoms with Crippen molar-refractivity contribution in [2.75, 3.05) is 17.9 Å². The van der Waals surface area contributed by atoms with Crippen LogP contribution in [-0.4, -0.2) is 38.8 Å². The molecule has 2 aliphatic carbocycles. The number of aromatic carboxylic acids is 1. The van der Waals surface area contributed by atoms with Gasteiger partial charge in [-0.15, -0.1) is 0 Å². The highest BCUT2D eigenvalue weighted by atomic mass is 35.5. The normalized spacial score (nSPS) is 20.9. The van der Waals surface area contributed by atoms with E-state index in [1.807, 2.05) is 6.07 Å². The lowest BCUT2D eigenvalue weighted by molar-refractivity contribution is -0.213. The summed E-state index contributed by atoms with van der Waals surface area (Å²) in [5.74, 6) is -0.918. The van der Waals surface area contributed by atoms with Crippen LogP contribution in [0.1, 0.15) is 53.1 Å². The van der Waals surface area contributed by atoms with Gasteiger partial charge in [0, 0.05) is 6.07 Å². The molecule has 2 N–H and O–H groups in total. The predicted molar refractivity (Wildman–Crippen MR) is 119 cm³/mol. The molecule has 0 bridgehead atoms. The fourth-order valence-electron chi connectivity index (χ4n) is 4.35. The molecular formula is C23H21ClN2O6S. The van der Waals surface area contributed by atoms with Crippen molar-refractivity contribution < 1.29 is 27.8 Å². The number of benzene rings is 2. The quantitative estimate of drug-likeness (QED) is 0.599. The molecule has 1 saturated heterocycles. The molecule has 1 atom stereocenters. The van der Waals surface area contributed by atoms with Crippen molar-refractivity contribution in [3.05, 3.63) is 52.0 Å². The number of sulfonamides is 1. The van der Waals surface area contributed by atoms with Crippen molar-refractivity contribution in [1.29, 1.82) is 5.26 Å². The van der Waals surface area contributed by atoms with E-state index in [-0.39, 0.29) is 49.9 Å². The lowest BCUT2D eigenvalue weighted by Gasteiger charge is -2.54. The van der Waals surface area contributed by atoms with Crippen LogP contribution in [0, 0.1) is 16.7 Å². The second-order valence-electron chi connectivity index (χ2n) is 8.88. The number of hydrogen-bond acceptors (Lipinski definition) is 6. The summed E-state index contributed by atoms with van der Waals surface area (Å²) < 4.78 is 40.9. The third-order valence-corrected chi connectivity index (χ3v) is 8.37. The molecule has 10 heteroatoms. The molecule has 2 saturated carbocycles. The van der Waals surface area contributed by atoms with E-state index in [0.717, 1.165) is 25.7 Å². The van der Waals surface area contributed by atoms with Crippen molar-refractivity contribution in [3.63, 3.8) is 0 Å². The van der Waals surface area contributed by atoms with E-state index < -0.39 is 16.0 Å². The average molecular weight is 489 g/mol. The van der Waals surface area contributed by atoms with Crippen LogP contribution in [0.3, 0.4) is 0 Å². The molecule has 0 aromatic heterocycles. The lowest BCUT2D eigenvalue weighted by atomic mass is 9.64. The van der Waals surface area contributed by atoms with Crippen molar-refractivity contribution in [2.24, 2.45) is 5.41 Å². The van der Waals surface area contributed by atoms with Gasteiger partial charge < -0.3 is 14.6 Å². The molecular weight excluding hydrogens is 468 g/mol. The minimum Gasteiger partial charge on any atom is -0.487 e. The Balaban J connectivity index is 1.52. The minimum atomic E-state index is -4.18. The molecule has 2 aromatic carbocycles. The third-order valence-electron chi connectivity index (χ3n) is 6.64. The third kappa shape index (κ3) is 3.92. The number of ether oxygens (including phenoxy) is 2. The van der Waals surface area contributed by atoms with Gasteiger partial charge in [-0.1, -0.05) is 17.7 Å². The maximum Gasteiger partial charge on any atom is 0.335 e. The van der Waals surface area contributed by atoms with Gasteiger partial charge in [0.25, 0.3) is 10.0 Å². The molecule has 1 unspecified atom stereocenters. The van der Waals surface area contributed by atoms with Crippen molar-refractivity contribution >= 4 is 33.3 Å². The fraction of sp³-hybridized carbons (Fsp3) is 0.391. The number of carboxylic acids is 1. The first-order valence-electron chi connectivity index (χ1n) is 10.6. The van der Waals surface area contributed by atoms with Crippen LogP contribution in [0.5, 0.6) is 5.75 Å². The van der Waals surface area contributed by atoms with Gasteiger partial charge in [-0.3, -0.25) is 4.72 Å². The fourth-order valence-corrected chi connectivity index (χ4v) is 5.93. The van der Waals surface area contributed by atoms with Gasteiger partial charge in [0.2, 0.25) is 0 Å². The van der Waals surface area contributed by atoms with Crippen LogP contribution in [0.25, 0.3) is 0 Å². The van der Waals surface area contributed by atoms with Crippen molar-refractivity contribution in [1.82, 2.24) is 0 Å². The number of nitrogens with one attached hydrogen (secondary N) is 1. The van der Waals surface area contributed by atoms with E-state index >= 15 is 0 Å². The van der Waals surface area contributed by atoms with E-state index in [2.05, 4.69) is 4.72 Å². The van der Waals surface area contributed by atoms with Crippen LogP contribution in [0.15, 0.2) is 35.2 Å². The second-order valence-corrected chi connectivity index (χ2v) is 10.9. The largest absolute Gasteiger partial charge is 0.487 e. The Morgan fingerprint density at radius 3 is 2.55 bits per heavy atom. The Bertz CT molecular complexity index is 1290. The van der Waals surface area contributed by atoms with E-state index in [0.29, 0.717) is 18.8 Å². The molecule has 33 heavy (non-hydrogen) atoms. The standard InChI is InChI=1S/C23H21ClN2O6S/c24-17-9-19(32-21-5-6-23(21)11-31-12-23)18(7-15(17)10-25)26-33(29,30)20-8-14(22(27)28)3-4-16(20)13-1-2-13/h3-4,7-9,13,21,26H,1-2,5-6,11-12H2,(H,27,28). The van der Waals surface area contributed by atoms with Gasteiger partial charge in [-0.25, -0.2) is 13.2 Å². The Morgan fingerprint density at radius 2 is 2.00 bits per heavy atom. The summed E-state index contributed by atoms with van der Waals surface area (Å²) in [5, 5.41) is 18.9. The number of rotatable bonds is 7. The SMILES string of the molecule is N#Cc1cc(NS(=O)(=O)c2cc(C(=O)O)ccc2C2CC2)c(OC2CCC23COC3)cc1Cl. The summed E-state index contributed by atoms with van der Waals surface area (Å²) in [7, 11) is -4.18. The molecule has 1 aliphatic heterocycles. The van der Waals surface area contributed by atoms with E-state index in [1.54, 1.807) is 6.07 Å². The summed E-state index contributed by atoms with van der Waals surface area (Å²) in [5.41, 5.74) is 0.575. The van der Waals surface area contributed by atoms with Gasteiger partial charge in [0.15, 0.2) is 0 Å². The molecule has 172 valence electrons. The smallest absolute Gasteiger partial charge is 0.335 e. The number of halogens is 1. The van der Waals surface area contributed by atoms with E-state index in [9.17, 15) is 23.6 Å². The highest BCUT2D eigenvalue weighted by Crippen LogP contribution is 2.50. The van der Waals surface area contributed by atoms with E-state index in [1.165, 1.54) is 24.3 Å². The summed E-state index contributed by atoms with van der Waals surface area (Å²) in [6.07, 6.45) is 3.31. The average Bonchev–Trinajstić information content (AvgIpc) is 3.56. The molecule has 1 spiro atoms. The molecule has 8 nitrogen and oxygen atoms in total. The Hall–Kier alpha value is -2.80. The van der Waals surface area contributed by atoms with Crippen molar-refractivity contribution in [3.8, 4) is 11.8 Å². The molecule has 2 aromatic rings. The summed E-state index contributed by atoms with van der Waals surface area (Å²) in [6, 6.07) is 8.88. The monoisotopic (exact) mass is 488 g/mol. The van der Waals surface area contributed by atoms with Crippen LogP contribution in [-0.2, 0) is 14.8 Å². The Morgan fingerprint density at radius 1 is 1.24 bits per heavy atom. The van der Waals surface area contributed by atoms with Crippen LogP contribution >= 0.6 is 11.6 Å².